The van der Waals surface area contributed by atoms with Crippen LogP contribution < -0.4 is 5.32 Å². The molecule has 0 saturated heterocycles. The molecule has 1 aliphatic rings. The van der Waals surface area contributed by atoms with Gasteiger partial charge in [-0.1, -0.05) is 29.8 Å². The zero-order chi connectivity index (χ0) is 15.8. The van der Waals surface area contributed by atoms with Crippen molar-refractivity contribution < 1.29 is 4.79 Å². The van der Waals surface area contributed by atoms with Crippen LogP contribution in [-0.4, -0.2) is 10.9 Å². The van der Waals surface area contributed by atoms with Gasteiger partial charge in [-0.3, -0.25) is 4.79 Å². The Bertz CT molecular complexity index is 940. The van der Waals surface area contributed by atoms with Gasteiger partial charge >= 0.3 is 0 Å². The Hall–Kier alpha value is -2.52. The zero-order valence-electron chi connectivity index (χ0n) is 12.4. The van der Waals surface area contributed by atoms with E-state index >= 15 is 0 Å². The Morgan fingerprint density at radius 2 is 2.04 bits per heavy atom. The number of benzene rings is 2. The van der Waals surface area contributed by atoms with E-state index in [0.29, 0.717) is 10.7 Å². The molecule has 0 radical (unpaired) electrons. The number of H-pyrrole nitrogens is 1. The number of fused-ring (bicyclic) bond motifs is 2. The summed E-state index contributed by atoms with van der Waals surface area (Å²) in [5.41, 5.74) is 4.75. The molecule has 1 heterocycles. The highest BCUT2D eigenvalue weighted by Crippen LogP contribution is 2.24. The van der Waals surface area contributed by atoms with Gasteiger partial charge in [0.15, 0.2) is 0 Å². The van der Waals surface area contributed by atoms with Crippen molar-refractivity contribution in [3.05, 3.63) is 70.4 Å². The molecular formula is C19H15ClN2O. The highest BCUT2D eigenvalue weighted by atomic mass is 35.5. The van der Waals surface area contributed by atoms with E-state index in [4.69, 9.17) is 11.6 Å². The minimum atomic E-state index is -0.149. The second-order valence-electron chi connectivity index (χ2n) is 5.72. The van der Waals surface area contributed by atoms with Gasteiger partial charge in [-0.05, 0) is 60.4 Å². The lowest BCUT2D eigenvalue weighted by Crippen LogP contribution is -2.12. The molecule has 4 rings (SSSR count). The summed E-state index contributed by atoms with van der Waals surface area (Å²) in [4.78, 5) is 15.6. The summed E-state index contributed by atoms with van der Waals surface area (Å²) in [5.74, 6) is -0.149. The molecule has 4 heteroatoms. The van der Waals surface area contributed by atoms with Gasteiger partial charge < -0.3 is 10.3 Å². The van der Waals surface area contributed by atoms with Gasteiger partial charge in [0, 0.05) is 21.6 Å². The molecule has 0 fully saturated rings. The Morgan fingerprint density at radius 3 is 2.96 bits per heavy atom. The van der Waals surface area contributed by atoms with Gasteiger partial charge in [0.2, 0.25) is 0 Å². The van der Waals surface area contributed by atoms with Crippen molar-refractivity contribution in [2.45, 2.75) is 12.8 Å². The predicted molar refractivity (Wildman–Crippen MR) is 95.1 cm³/mol. The number of aryl methyl sites for hydroxylation is 1. The summed E-state index contributed by atoms with van der Waals surface area (Å²) in [6.07, 6.45) is 6.37. The molecule has 0 aliphatic heterocycles. The van der Waals surface area contributed by atoms with Gasteiger partial charge in [-0.2, -0.15) is 0 Å². The third-order valence-electron chi connectivity index (χ3n) is 4.11. The smallest absolute Gasteiger partial charge is 0.272 e. The van der Waals surface area contributed by atoms with Crippen molar-refractivity contribution in [1.82, 2.24) is 4.98 Å². The molecule has 0 spiro atoms. The zero-order valence-corrected chi connectivity index (χ0v) is 13.2. The maximum absolute atomic E-state index is 12.4. The normalized spacial score (nSPS) is 13.1. The Balaban J connectivity index is 1.60. The first-order chi connectivity index (χ1) is 11.2. The lowest BCUT2D eigenvalue weighted by molar-refractivity contribution is 0.102. The van der Waals surface area contributed by atoms with Crippen LogP contribution in [0.25, 0.3) is 17.0 Å². The van der Waals surface area contributed by atoms with Crippen LogP contribution in [0.4, 0.5) is 5.69 Å². The molecular weight excluding hydrogens is 308 g/mol. The van der Waals surface area contributed by atoms with E-state index < -0.39 is 0 Å². The molecule has 3 aromatic rings. The molecule has 3 nitrogen and oxygen atoms in total. The molecule has 0 atom stereocenters. The van der Waals surface area contributed by atoms with E-state index in [1.807, 2.05) is 30.3 Å². The summed E-state index contributed by atoms with van der Waals surface area (Å²) in [7, 11) is 0. The first-order valence-corrected chi connectivity index (χ1v) is 7.96. The molecule has 1 aromatic heterocycles. The fourth-order valence-electron chi connectivity index (χ4n) is 2.94. The number of aromatic nitrogens is 1. The summed E-state index contributed by atoms with van der Waals surface area (Å²) >= 11 is 5.98. The number of hydrogen-bond donors (Lipinski definition) is 2. The monoisotopic (exact) mass is 322 g/mol. The summed E-state index contributed by atoms with van der Waals surface area (Å²) in [6.45, 7) is 0. The van der Waals surface area contributed by atoms with Gasteiger partial charge in [0.05, 0.1) is 0 Å². The standard InChI is InChI=1S/C19H15ClN2O/c20-15-6-8-17-14(9-15)11-18(22-17)19(23)21-16-7-5-12-3-1-2-4-13(12)10-16/h1,3,5-11,22H,2,4H2,(H,21,23). The van der Waals surface area contributed by atoms with E-state index in [9.17, 15) is 4.79 Å². The third-order valence-corrected chi connectivity index (χ3v) is 4.34. The fraction of sp³-hybridized carbons (Fsp3) is 0.105. The lowest BCUT2D eigenvalue weighted by atomic mass is 9.97. The van der Waals surface area contributed by atoms with Crippen LogP contribution in [0.1, 0.15) is 28.0 Å². The van der Waals surface area contributed by atoms with Gasteiger partial charge in [-0.25, -0.2) is 0 Å². The summed E-state index contributed by atoms with van der Waals surface area (Å²) in [6, 6.07) is 13.4. The second kappa shape index (κ2) is 5.60. The lowest BCUT2D eigenvalue weighted by Gasteiger charge is -2.12. The SMILES string of the molecule is O=C(Nc1ccc2c(c1)CCC=C2)c1cc2cc(Cl)ccc2[nH]1. The van der Waals surface area contributed by atoms with Crippen LogP contribution in [0.5, 0.6) is 0 Å². The van der Waals surface area contributed by atoms with Gasteiger partial charge in [0.1, 0.15) is 5.69 Å². The number of allylic oxidation sites excluding steroid dienone is 1. The molecule has 23 heavy (non-hydrogen) atoms. The first-order valence-electron chi connectivity index (χ1n) is 7.58. The second-order valence-corrected chi connectivity index (χ2v) is 6.16. The molecule has 1 aliphatic carbocycles. The average molecular weight is 323 g/mol. The van der Waals surface area contributed by atoms with Gasteiger partial charge in [0.25, 0.3) is 5.91 Å². The van der Waals surface area contributed by atoms with E-state index in [0.717, 1.165) is 29.4 Å². The molecule has 114 valence electrons. The minimum Gasteiger partial charge on any atom is -0.351 e. The first kappa shape index (κ1) is 14.1. The number of carbonyl (C=O) groups is 1. The fourth-order valence-corrected chi connectivity index (χ4v) is 3.12. The third kappa shape index (κ3) is 2.76. The molecule has 0 bridgehead atoms. The van der Waals surface area contributed by atoms with Crippen LogP contribution in [0.15, 0.2) is 48.5 Å². The van der Waals surface area contributed by atoms with Crippen molar-refractivity contribution in [2.24, 2.45) is 0 Å². The van der Waals surface area contributed by atoms with Crippen molar-refractivity contribution in [3.63, 3.8) is 0 Å². The van der Waals surface area contributed by atoms with Crippen molar-refractivity contribution in [1.29, 1.82) is 0 Å². The molecule has 0 unspecified atom stereocenters. The highest BCUT2D eigenvalue weighted by Gasteiger charge is 2.12. The Kier molecular flexibility index (Phi) is 3.43. The van der Waals surface area contributed by atoms with E-state index in [1.165, 1.54) is 11.1 Å². The van der Waals surface area contributed by atoms with Crippen LogP contribution in [-0.2, 0) is 6.42 Å². The number of anilines is 1. The van der Waals surface area contributed by atoms with Crippen molar-refractivity contribution in [2.75, 3.05) is 5.32 Å². The number of nitrogens with one attached hydrogen (secondary N) is 2. The van der Waals surface area contributed by atoms with Crippen molar-refractivity contribution in [3.8, 4) is 0 Å². The van der Waals surface area contributed by atoms with E-state index in [1.54, 1.807) is 6.07 Å². The summed E-state index contributed by atoms with van der Waals surface area (Å²) < 4.78 is 0. The van der Waals surface area contributed by atoms with E-state index in [2.05, 4.69) is 28.5 Å². The van der Waals surface area contributed by atoms with Crippen LogP contribution >= 0.6 is 11.6 Å². The maximum atomic E-state index is 12.4. The minimum absolute atomic E-state index is 0.149. The molecule has 1 amide bonds. The predicted octanol–water partition coefficient (Wildman–Crippen LogP) is 5.03. The molecule has 2 aromatic carbocycles. The Morgan fingerprint density at radius 1 is 1.13 bits per heavy atom. The van der Waals surface area contributed by atoms with Gasteiger partial charge in [-0.15, -0.1) is 0 Å². The molecule has 2 N–H and O–H groups in total. The van der Waals surface area contributed by atoms with Crippen LogP contribution in [0.3, 0.4) is 0 Å². The number of carbonyl (C=O) groups excluding carboxylic acids is 1. The number of aromatic amines is 1. The number of hydrogen-bond acceptors (Lipinski definition) is 1. The van der Waals surface area contributed by atoms with Crippen LogP contribution in [0.2, 0.25) is 5.02 Å². The quantitative estimate of drug-likeness (QED) is 0.682. The topological polar surface area (TPSA) is 44.9 Å². The summed E-state index contributed by atoms with van der Waals surface area (Å²) in [5, 5.41) is 4.54. The maximum Gasteiger partial charge on any atom is 0.272 e. The number of amides is 1. The van der Waals surface area contributed by atoms with E-state index in [-0.39, 0.29) is 5.91 Å². The average Bonchev–Trinajstić information content (AvgIpc) is 2.98. The van der Waals surface area contributed by atoms with Crippen LogP contribution in [0, 0.1) is 0 Å². The number of halogens is 1. The number of rotatable bonds is 2. The molecule has 0 saturated carbocycles. The Labute approximate surface area is 139 Å². The highest BCUT2D eigenvalue weighted by molar-refractivity contribution is 6.31. The van der Waals surface area contributed by atoms with Crippen molar-refractivity contribution >= 4 is 40.2 Å². The largest absolute Gasteiger partial charge is 0.351 e.